The molecule has 0 saturated heterocycles. The van der Waals surface area contributed by atoms with Gasteiger partial charge < -0.3 is 14.1 Å². The van der Waals surface area contributed by atoms with E-state index in [1.54, 1.807) is 6.07 Å². The van der Waals surface area contributed by atoms with Gasteiger partial charge in [-0.25, -0.2) is 4.79 Å². The van der Waals surface area contributed by atoms with E-state index in [4.69, 9.17) is 21.1 Å². The van der Waals surface area contributed by atoms with Gasteiger partial charge in [0.15, 0.2) is 0 Å². The van der Waals surface area contributed by atoms with Crippen LogP contribution in [-0.4, -0.2) is 15.6 Å². The van der Waals surface area contributed by atoms with Crippen molar-refractivity contribution in [3.05, 3.63) is 58.1 Å². The van der Waals surface area contributed by atoms with Gasteiger partial charge in [-0.15, -0.1) is 0 Å². The van der Waals surface area contributed by atoms with Crippen molar-refractivity contribution in [2.45, 2.75) is 32.6 Å². The highest BCUT2D eigenvalue weighted by atomic mass is 35.5. The number of hydrogen-bond acceptors (Lipinski definition) is 2. The van der Waals surface area contributed by atoms with Crippen LogP contribution in [0.3, 0.4) is 0 Å². The van der Waals surface area contributed by atoms with Gasteiger partial charge in [0.05, 0.1) is 0 Å². The predicted molar refractivity (Wildman–Crippen MR) is 95.1 cm³/mol. The van der Waals surface area contributed by atoms with Crippen molar-refractivity contribution in [3.8, 4) is 0 Å². The first-order valence-corrected chi connectivity index (χ1v) is 8.15. The molecule has 2 heterocycles. The molecule has 0 amide bonds. The summed E-state index contributed by atoms with van der Waals surface area (Å²) in [6, 6.07) is 9.08. The average molecular weight is 346 g/mol. The molecule has 2 aromatic heterocycles. The fraction of sp³-hybridized carbons (Fsp3) is 0.316. The maximum absolute atomic E-state index is 11.0. The van der Waals surface area contributed by atoms with Crippen LogP contribution in [0.1, 0.15) is 48.3 Å². The lowest BCUT2D eigenvalue weighted by molar-refractivity contribution is 0.0660. The van der Waals surface area contributed by atoms with Crippen molar-refractivity contribution in [1.82, 2.24) is 4.57 Å². The molecule has 1 N–H and O–H groups in total. The van der Waals surface area contributed by atoms with Gasteiger partial charge in [0.25, 0.3) is 0 Å². The third-order valence-electron chi connectivity index (χ3n) is 4.20. The van der Waals surface area contributed by atoms with E-state index in [9.17, 15) is 4.79 Å². The van der Waals surface area contributed by atoms with Crippen molar-refractivity contribution in [2.24, 2.45) is 7.05 Å². The Balaban J connectivity index is 2.19. The Morgan fingerprint density at radius 3 is 2.54 bits per heavy atom. The number of rotatable bonds is 3. The molecule has 0 aliphatic heterocycles. The summed E-state index contributed by atoms with van der Waals surface area (Å²) >= 11 is 6.17. The Labute approximate surface area is 145 Å². The molecule has 5 heteroatoms. The van der Waals surface area contributed by atoms with Crippen LogP contribution >= 0.6 is 11.6 Å². The summed E-state index contributed by atoms with van der Waals surface area (Å²) < 4.78 is 7.63. The van der Waals surface area contributed by atoms with Crippen molar-refractivity contribution in [2.75, 3.05) is 0 Å². The van der Waals surface area contributed by atoms with E-state index in [0.29, 0.717) is 17.2 Å². The fourth-order valence-corrected chi connectivity index (χ4v) is 3.55. The van der Waals surface area contributed by atoms with Crippen molar-refractivity contribution in [3.63, 3.8) is 0 Å². The van der Waals surface area contributed by atoms with Gasteiger partial charge in [-0.1, -0.05) is 38.4 Å². The van der Waals surface area contributed by atoms with Crippen LogP contribution in [-0.2, 0) is 18.9 Å². The number of aromatic carboxylic acids is 1. The molecule has 4 nitrogen and oxygen atoms in total. The van der Waals surface area contributed by atoms with Crippen LogP contribution in [0.25, 0.3) is 10.9 Å². The molecule has 0 spiro atoms. The highest BCUT2D eigenvalue weighted by Crippen LogP contribution is 2.36. The summed E-state index contributed by atoms with van der Waals surface area (Å²) in [5.74, 6) is -0.451. The predicted octanol–water partition coefficient (Wildman–Crippen LogP) is 5.01. The summed E-state index contributed by atoms with van der Waals surface area (Å²) in [5.41, 5.74) is 3.32. The number of halogens is 1. The topological polar surface area (TPSA) is 55.4 Å². The lowest BCUT2D eigenvalue weighted by Crippen LogP contribution is -2.18. The number of fused-ring (bicyclic) bond motifs is 1. The van der Waals surface area contributed by atoms with Gasteiger partial charge in [0, 0.05) is 40.5 Å². The zero-order valence-electron chi connectivity index (χ0n) is 14.2. The average Bonchev–Trinajstić information content (AvgIpc) is 3.03. The first kappa shape index (κ1) is 16.7. The zero-order chi connectivity index (χ0) is 17.6. The van der Waals surface area contributed by atoms with E-state index in [1.165, 1.54) is 11.8 Å². The van der Waals surface area contributed by atoms with Crippen LogP contribution in [0.4, 0.5) is 0 Å². The van der Waals surface area contributed by atoms with Crippen LogP contribution < -0.4 is 0 Å². The molecular formula is C19H20ClNO3. The lowest BCUT2D eigenvalue weighted by atomic mass is 9.87. The Morgan fingerprint density at radius 2 is 1.96 bits per heavy atom. The Bertz CT molecular complexity index is 928. The number of carboxylic acid groups (broad SMARTS) is 1. The fourth-order valence-electron chi connectivity index (χ4n) is 3.38. The van der Waals surface area contributed by atoms with Gasteiger partial charge in [-0.3, -0.25) is 0 Å². The molecule has 3 aromatic rings. The quantitative estimate of drug-likeness (QED) is 0.725. The molecular weight excluding hydrogens is 326 g/mol. The number of aromatic nitrogens is 1. The molecule has 1 aromatic carbocycles. The van der Waals surface area contributed by atoms with Crippen molar-refractivity contribution < 1.29 is 14.3 Å². The van der Waals surface area contributed by atoms with E-state index >= 15 is 0 Å². The lowest BCUT2D eigenvalue weighted by Gasteiger charge is -2.22. The zero-order valence-corrected chi connectivity index (χ0v) is 14.9. The minimum atomic E-state index is -1.05. The highest BCUT2D eigenvalue weighted by molar-refractivity contribution is 6.31. The van der Waals surface area contributed by atoms with E-state index < -0.39 is 5.97 Å². The Hall–Kier alpha value is -2.20. The van der Waals surface area contributed by atoms with Crippen molar-refractivity contribution in [1.29, 1.82) is 0 Å². The first-order valence-electron chi connectivity index (χ1n) is 7.78. The normalized spacial score (nSPS) is 12.0. The Morgan fingerprint density at radius 1 is 1.25 bits per heavy atom. The summed E-state index contributed by atoms with van der Waals surface area (Å²) in [6.45, 7) is 6.49. The van der Waals surface area contributed by atoms with Crippen LogP contribution in [0.15, 0.2) is 34.7 Å². The molecule has 0 fully saturated rings. The smallest absolute Gasteiger partial charge is 0.371 e. The number of nitrogens with zero attached hydrogens (tertiary/aromatic N) is 1. The summed E-state index contributed by atoms with van der Waals surface area (Å²) in [4.78, 5) is 11.0. The molecule has 0 unspecified atom stereocenters. The van der Waals surface area contributed by atoms with E-state index in [2.05, 4.69) is 25.3 Å². The first-order chi connectivity index (χ1) is 11.2. The van der Waals surface area contributed by atoms with E-state index in [0.717, 1.165) is 16.5 Å². The highest BCUT2D eigenvalue weighted by Gasteiger charge is 2.26. The van der Waals surface area contributed by atoms with Crippen LogP contribution in [0, 0.1) is 0 Å². The molecule has 0 bridgehead atoms. The number of benzene rings is 1. The molecule has 0 aliphatic carbocycles. The number of carboxylic acids is 1. The largest absolute Gasteiger partial charge is 0.475 e. The number of furan rings is 1. The van der Waals surface area contributed by atoms with Crippen LogP contribution in [0.2, 0.25) is 5.02 Å². The molecule has 0 aliphatic rings. The summed E-state index contributed by atoms with van der Waals surface area (Å²) in [7, 11) is 2.04. The monoisotopic (exact) mass is 345 g/mol. The van der Waals surface area contributed by atoms with Gasteiger partial charge in [-0.2, -0.15) is 0 Å². The third kappa shape index (κ3) is 2.82. The minimum absolute atomic E-state index is 0.0365. The van der Waals surface area contributed by atoms with Gasteiger partial charge in [0.1, 0.15) is 5.76 Å². The molecule has 0 atom stereocenters. The van der Waals surface area contributed by atoms with Gasteiger partial charge >= 0.3 is 5.97 Å². The standard InChI is InChI=1S/C19H20ClNO3/c1-19(2,3)17-14(10-12-6-8-16(24-12)18(22)23)13-7-5-11(20)9-15(13)21(17)4/h5-9H,10H2,1-4H3,(H,22,23). The van der Waals surface area contributed by atoms with Crippen LogP contribution in [0.5, 0.6) is 0 Å². The second-order valence-electron chi connectivity index (χ2n) is 7.05. The SMILES string of the molecule is Cn1c(C(C)(C)C)c(Cc2ccc(C(=O)O)o2)c2ccc(Cl)cc21. The molecule has 3 rings (SSSR count). The molecule has 24 heavy (non-hydrogen) atoms. The van der Waals surface area contributed by atoms with E-state index in [1.807, 2.05) is 25.2 Å². The maximum Gasteiger partial charge on any atom is 0.371 e. The third-order valence-corrected chi connectivity index (χ3v) is 4.44. The van der Waals surface area contributed by atoms with E-state index in [-0.39, 0.29) is 11.2 Å². The number of hydrogen-bond donors (Lipinski definition) is 1. The second kappa shape index (κ2) is 5.71. The summed E-state index contributed by atoms with van der Waals surface area (Å²) in [6.07, 6.45) is 0.541. The second-order valence-corrected chi connectivity index (χ2v) is 7.48. The Kier molecular flexibility index (Phi) is 3.96. The molecule has 0 radical (unpaired) electrons. The van der Waals surface area contributed by atoms with Gasteiger partial charge in [-0.05, 0) is 29.8 Å². The maximum atomic E-state index is 11.0. The van der Waals surface area contributed by atoms with Crippen molar-refractivity contribution >= 4 is 28.5 Å². The minimum Gasteiger partial charge on any atom is -0.475 e. The number of aryl methyl sites for hydroxylation is 1. The van der Waals surface area contributed by atoms with Gasteiger partial charge in [0.2, 0.25) is 5.76 Å². The number of carbonyl (C=O) groups is 1. The summed E-state index contributed by atoms with van der Waals surface area (Å²) in [5, 5.41) is 10.8. The molecule has 0 saturated carbocycles. The molecule has 126 valence electrons.